The van der Waals surface area contributed by atoms with Gasteiger partial charge in [0.1, 0.15) is 5.75 Å². The Morgan fingerprint density at radius 1 is 1.24 bits per heavy atom. The number of rotatable bonds is 6. The van der Waals surface area contributed by atoms with E-state index in [4.69, 9.17) is 9.84 Å². The van der Waals surface area contributed by atoms with E-state index in [-0.39, 0.29) is 6.61 Å². The summed E-state index contributed by atoms with van der Waals surface area (Å²) in [7, 11) is 0. The van der Waals surface area contributed by atoms with Crippen molar-refractivity contribution in [1.29, 1.82) is 0 Å². The van der Waals surface area contributed by atoms with E-state index >= 15 is 0 Å². The van der Waals surface area contributed by atoms with Crippen LogP contribution in [0.4, 0.5) is 0 Å². The Labute approximate surface area is 99.7 Å². The molecule has 2 aromatic rings. The number of nitrogens with zero attached hydrogens (tertiary/aromatic N) is 3. The molecule has 17 heavy (non-hydrogen) atoms. The fourth-order valence-corrected chi connectivity index (χ4v) is 1.51. The van der Waals surface area contributed by atoms with E-state index < -0.39 is 0 Å². The molecular weight excluding hydrogens is 218 g/mol. The molecule has 0 radical (unpaired) electrons. The van der Waals surface area contributed by atoms with E-state index in [1.807, 2.05) is 30.3 Å². The second kappa shape index (κ2) is 6.00. The number of aliphatic hydroxyl groups is 1. The Balaban J connectivity index is 1.73. The average Bonchev–Trinajstić information content (AvgIpc) is 2.83. The first kappa shape index (κ1) is 11.6. The Morgan fingerprint density at radius 3 is 2.82 bits per heavy atom. The second-order valence-electron chi connectivity index (χ2n) is 3.62. The maximum absolute atomic E-state index is 9.01. The van der Waals surface area contributed by atoms with Crippen LogP contribution in [0.15, 0.2) is 36.5 Å². The molecule has 0 amide bonds. The smallest absolute Gasteiger partial charge is 0.119 e. The van der Waals surface area contributed by atoms with Crippen molar-refractivity contribution < 1.29 is 9.84 Å². The lowest BCUT2D eigenvalue weighted by atomic mass is 10.3. The van der Waals surface area contributed by atoms with Crippen molar-refractivity contribution in [3.05, 3.63) is 42.2 Å². The monoisotopic (exact) mass is 233 g/mol. The number of hydrogen-bond donors (Lipinski definition) is 1. The maximum Gasteiger partial charge on any atom is 0.119 e. The van der Waals surface area contributed by atoms with Gasteiger partial charge in [0.25, 0.3) is 0 Å². The molecular formula is C12H15N3O2. The quantitative estimate of drug-likeness (QED) is 0.762. The highest BCUT2D eigenvalue weighted by Crippen LogP contribution is 2.08. The molecule has 0 atom stereocenters. The first-order chi connectivity index (χ1) is 8.40. The van der Waals surface area contributed by atoms with E-state index in [0.29, 0.717) is 13.2 Å². The zero-order valence-corrected chi connectivity index (χ0v) is 9.49. The fraction of sp³-hybridized carbons (Fsp3) is 0.333. The summed E-state index contributed by atoms with van der Waals surface area (Å²) in [6.07, 6.45) is 2.39. The summed E-state index contributed by atoms with van der Waals surface area (Å²) in [6, 6.07) is 9.69. The average molecular weight is 233 g/mol. The van der Waals surface area contributed by atoms with Crippen LogP contribution in [-0.4, -0.2) is 26.7 Å². The van der Waals surface area contributed by atoms with Gasteiger partial charge in [-0.3, -0.25) is 0 Å². The number of aryl methyl sites for hydroxylation is 1. The van der Waals surface area contributed by atoms with Gasteiger partial charge in [-0.1, -0.05) is 23.4 Å². The molecule has 0 unspecified atom stereocenters. The third kappa shape index (κ3) is 3.29. The van der Waals surface area contributed by atoms with E-state index in [2.05, 4.69) is 10.3 Å². The van der Waals surface area contributed by atoms with Crippen molar-refractivity contribution in [2.24, 2.45) is 0 Å². The molecule has 90 valence electrons. The lowest BCUT2D eigenvalue weighted by Crippen LogP contribution is -2.08. The summed E-state index contributed by atoms with van der Waals surface area (Å²) in [4.78, 5) is 0. The van der Waals surface area contributed by atoms with Gasteiger partial charge >= 0.3 is 0 Å². The van der Waals surface area contributed by atoms with E-state index in [9.17, 15) is 0 Å². The summed E-state index contributed by atoms with van der Waals surface area (Å²) in [5.74, 6) is 0.869. The molecule has 5 nitrogen and oxygen atoms in total. The number of aromatic nitrogens is 3. The Hall–Kier alpha value is -1.88. The molecule has 0 spiro atoms. The van der Waals surface area contributed by atoms with Gasteiger partial charge in [0.2, 0.25) is 0 Å². The van der Waals surface area contributed by atoms with Crippen LogP contribution < -0.4 is 4.74 Å². The normalized spacial score (nSPS) is 10.4. The predicted molar refractivity (Wildman–Crippen MR) is 62.5 cm³/mol. The minimum absolute atomic E-state index is 0.0352. The van der Waals surface area contributed by atoms with E-state index in [1.165, 1.54) is 0 Å². The number of ether oxygens (including phenoxy) is 1. The van der Waals surface area contributed by atoms with Gasteiger partial charge in [0, 0.05) is 13.0 Å². The van der Waals surface area contributed by atoms with Crippen LogP contribution in [0.2, 0.25) is 0 Å². The molecule has 0 aliphatic rings. The standard InChI is InChI=1S/C12H15N3O2/c16-10-11-9-13-14-15(11)7-4-8-17-12-5-2-1-3-6-12/h1-3,5-6,9,16H,4,7-8,10H2. The van der Waals surface area contributed by atoms with Gasteiger partial charge in [0.05, 0.1) is 25.1 Å². The van der Waals surface area contributed by atoms with Crippen LogP contribution in [0, 0.1) is 0 Å². The van der Waals surface area contributed by atoms with Crippen molar-refractivity contribution >= 4 is 0 Å². The molecule has 2 rings (SSSR count). The van der Waals surface area contributed by atoms with Crippen molar-refractivity contribution in [2.75, 3.05) is 6.61 Å². The lowest BCUT2D eigenvalue weighted by molar-refractivity contribution is 0.260. The van der Waals surface area contributed by atoms with Crippen LogP contribution in [0.3, 0.4) is 0 Å². The van der Waals surface area contributed by atoms with Gasteiger partial charge in [-0.15, -0.1) is 5.10 Å². The largest absolute Gasteiger partial charge is 0.494 e. The molecule has 1 aromatic carbocycles. The minimum Gasteiger partial charge on any atom is -0.494 e. The van der Waals surface area contributed by atoms with E-state index in [1.54, 1.807) is 10.9 Å². The molecule has 1 heterocycles. The van der Waals surface area contributed by atoms with Gasteiger partial charge < -0.3 is 9.84 Å². The number of hydrogen-bond acceptors (Lipinski definition) is 4. The number of benzene rings is 1. The molecule has 0 saturated heterocycles. The van der Waals surface area contributed by atoms with Crippen molar-refractivity contribution in [3.8, 4) is 5.75 Å². The molecule has 0 aliphatic carbocycles. The van der Waals surface area contributed by atoms with E-state index in [0.717, 1.165) is 17.9 Å². The predicted octanol–water partition coefficient (Wildman–Crippen LogP) is 1.24. The van der Waals surface area contributed by atoms with Gasteiger partial charge in [-0.2, -0.15) is 0 Å². The third-order valence-electron chi connectivity index (χ3n) is 2.39. The highest BCUT2D eigenvalue weighted by atomic mass is 16.5. The first-order valence-electron chi connectivity index (χ1n) is 5.56. The number of para-hydroxylation sites is 1. The Kier molecular flexibility index (Phi) is 4.10. The summed E-state index contributed by atoms with van der Waals surface area (Å²) < 4.78 is 7.24. The molecule has 0 saturated carbocycles. The molecule has 5 heteroatoms. The molecule has 0 aliphatic heterocycles. The molecule has 0 bridgehead atoms. The summed E-state index contributed by atoms with van der Waals surface area (Å²) in [6.45, 7) is 1.28. The maximum atomic E-state index is 9.01. The zero-order chi connectivity index (χ0) is 11.9. The van der Waals surface area contributed by atoms with Crippen LogP contribution >= 0.6 is 0 Å². The topological polar surface area (TPSA) is 60.2 Å². The minimum atomic E-state index is -0.0352. The van der Waals surface area contributed by atoms with Gasteiger partial charge in [0.15, 0.2) is 0 Å². The Bertz CT molecular complexity index is 442. The molecule has 1 aromatic heterocycles. The lowest BCUT2D eigenvalue weighted by Gasteiger charge is -2.06. The molecule has 0 fully saturated rings. The van der Waals surface area contributed by atoms with Crippen LogP contribution in [0.25, 0.3) is 0 Å². The first-order valence-corrected chi connectivity index (χ1v) is 5.56. The Morgan fingerprint density at radius 2 is 2.06 bits per heavy atom. The van der Waals surface area contributed by atoms with Crippen molar-refractivity contribution in [1.82, 2.24) is 15.0 Å². The molecule has 1 N–H and O–H groups in total. The van der Waals surface area contributed by atoms with Gasteiger partial charge in [-0.05, 0) is 12.1 Å². The summed E-state index contributed by atoms with van der Waals surface area (Å²) >= 11 is 0. The zero-order valence-electron chi connectivity index (χ0n) is 9.49. The SMILES string of the molecule is OCc1cnnn1CCCOc1ccccc1. The highest BCUT2D eigenvalue weighted by molar-refractivity contribution is 5.20. The van der Waals surface area contributed by atoms with Crippen LogP contribution in [0.5, 0.6) is 5.75 Å². The van der Waals surface area contributed by atoms with Crippen molar-refractivity contribution in [2.45, 2.75) is 19.6 Å². The van der Waals surface area contributed by atoms with Gasteiger partial charge in [-0.25, -0.2) is 4.68 Å². The summed E-state index contributed by atoms with van der Waals surface area (Å²) in [5, 5.41) is 16.6. The second-order valence-corrected chi connectivity index (χ2v) is 3.62. The van der Waals surface area contributed by atoms with Crippen LogP contribution in [-0.2, 0) is 13.2 Å². The fourth-order valence-electron chi connectivity index (χ4n) is 1.51. The number of aliphatic hydroxyl groups excluding tert-OH is 1. The third-order valence-corrected chi connectivity index (χ3v) is 2.39. The summed E-state index contributed by atoms with van der Waals surface area (Å²) in [5.41, 5.74) is 0.727. The highest BCUT2D eigenvalue weighted by Gasteiger charge is 2.01. The van der Waals surface area contributed by atoms with Crippen LogP contribution in [0.1, 0.15) is 12.1 Å². The van der Waals surface area contributed by atoms with Crippen molar-refractivity contribution in [3.63, 3.8) is 0 Å².